The minimum atomic E-state index is -3.91. The Labute approximate surface area is 177 Å². The van der Waals surface area contributed by atoms with Crippen LogP contribution in [0.4, 0.5) is 5.69 Å². The van der Waals surface area contributed by atoms with E-state index in [0.29, 0.717) is 5.69 Å². The van der Waals surface area contributed by atoms with Gasteiger partial charge in [-0.3, -0.25) is 14.1 Å². The van der Waals surface area contributed by atoms with Gasteiger partial charge in [-0.2, -0.15) is 0 Å². The van der Waals surface area contributed by atoms with Gasteiger partial charge in [-0.05, 0) is 54.8 Å². The number of sulfonamides is 1. The Kier molecular flexibility index (Phi) is 6.84. The van der Waals surface area contributed by atoms with Gasteiger partial charge in [0.2, 0.25) is 5.91 Å². The van der Waals surface area contributed by atoms with E-state index in [4.69, 9.17) is 0 Å². The number of aromatic nitrogens is 1. The number of benzene rings is 2. The maximum absolute atomic E-state index is 13.3. The molecule has 3 aromatic rings. The molecule has 0 atom stereocenters. The molecule has 6 nitrogen and oxygen atoms in total. The Hall–Kier alpha value is -3.19. The van der Waals surface area contributed by atoms with E-state index in [-0.39, 0.29) is 18.0 Å². The molecule has 7 heteroatoms. The van der Waals surface area contributed by atoms with Gasteiger partial charge >= 0.3 is 0 Å². The van der Waals surface area contributed by atoms with Crippen LogP contribution in [0.15, 0.2) is 78.0 Å². The lowest BCUT2D eigenvalue weighted by Crippen LogP contribution is -2.40. The lowest BCUT2D eigenvalue weighted by atomic mass is 10.1. The normalized spacial score (nSPS) is 11.1. The Morgan fingerprint density at radius 3 is 2.30 bits per heavy atom. The van der Waals surface area contributed by atoms with E-state index in [0.717, 1.165) is 27.4 Å². The minimum absolute atomic E-state index is 0.146. The average Bonchev–Trinajstić information content (AvgIpc) is 2.77. The minimum Gasteiger partial charge on any atom is -0.350 e. The smallest absolute Gasteiger partial charge is 0.264 e. The van der Waals surface area contributed by atoms with Crippen molar-refractivity contribution in [3.8, 4) is 0 Å². The highest BCUT2D eigenvalue weighted by Crippen LogP contribution is 2.24. The van der Waals surface area contributed by atoms with E-state index in [1.54, 1.807) is 54.9 Å². The van der Waals surface area contributed by atoms with Gasteiger partial charge in [0, 0.05) is 18.9 Å². The summed E-state index contributed by atoms with van der Waals surface area (Å²) >= 11 is 0. The van der Waals surface area contributed by atoms with Gasteiger partial charge < -0.3 is 5.32 Å². The summed E-state index contributed by atoms with van der Waals surface area (Å²) in [6.45, 7) is 3.88. The molecule has 0 aliphatic rings. The molecule has 156 valence electrons. The molecule has 0 fully saturated rings. The largest absolute Gasteiger partial charge is 0.350 e. The van der Waals surface area contributed by atoms with E-state index in [1.165, 1.54) is 0 Å². The number of amides is 1. The molecule has 0 spiro atoms. The molecule has 1 heterocycles. The van der Waals surface area contributed by atoms with Crippen LogP contribution in [0.2, 0.25) is 0 Å². The Balaban J connectivity index is 1.86. The van der Waals surface area contributed by atoms with Gasteiger partial charge in [-0.1, -0.05) is 42.8 Å². The molecule has 0 bridgehead atoms. The second-order valence-corrected chi connectivity index (χ2v) is 8.85. The number of aryl methyl sites for hydroxylation is 2. The summed E-state index contributed by atoms with van der Waals surface area (Å²) in [4.78, 5) is 16.8. The van der Waals surface area contributed by atoms with Crippen LogP contribution >= 0.6 is 0 Å². The van der Waals surface area contributed by atoms with Crippen molar-refractivity contribution in [2.24, 2.45) is 0 Å². The summed E-state index contributed by atoms with van der Waals surface area (Å²) in [5, 5.41) is 2.77. The Morgan fingerprint density at radius 2 is 1.70 bits per heavy atom. The van der Waals surface area contributed by atoms with E-state index in [2.05, 4.69) is 10.3 Å². The maximum Gasteiger partial charge on any atom is 0.264 e. The van der Waals surface area contributed by atoms with Crippen LogP contribution < -0.4 is 9.62 Å². The van der Waals surface area contributed by atoms with E-state index >= 15 is 0 Å². The van der Waals surface area contributed by atoms with E-state index in [9.17, 15) is 13.2 Å². The first-order valence-electron chi connectivity index (χ1n) is 9.74. The predicted octanol–water partition coefficient (Wildman–Crippen LogP) is 3.46. The predicted molar refractivity (Wildman–Crippen MR) is 118 cm³/mol. The Bertz CT molecular complexity index is 1080. The summed E-state index contributed by atoms with van der Waals surface area (Å²) in [6, 6.07) is 17.5. The third-order valence-electron chi connectivity index (χ3n) is 4.74. The van der Waals surface area contributed by atoms with Crippen LogP contribution in [0, 0.1) is 6.92 Å². The zero-order valence-corrected chi connectivity index (χ0v) is 17.9. The van der Waals surface area contributed by atoms with Gasteiger partial charge in [0.15, 0.2) is 0 Å². The average molecular weight is 424 g/mol. The third-order valence-corrected chi connectivity index (χ3v) is 6.53. The first-order chi connectivity index (χ1) is 14.4. The molecule has 0 saturated heterocycles. The van der Waals surface area contributed by atoms with E-state index < -0.39 is 15.9 Å². The standard InChI is InChI=1S/C23H25N3O3S/c1-3-19-8-10-21(11-9-19)26(30(28,29)22-12-6-18(2)7-13-22)17-23(27)25-16-20-5-4-14-24-15-20/h4-15H,3,16-17H2,1-2H3,(H,25,27). The van der Waals surface area contributed by atoms with Crippen LogP contribution in [0.3, 0.4) is 0 Å². The van der Waals surface area contributed by atoms with Crippen LogP contribution in [0.5, 0.6) is 0 Å². The number of carbonyl (C=O) groups excluding carboxylic acids is 1. The molecule has 1 amide bonds. The summed E-state index contributed by atoms with van der Waals surface area (Å²) < 4.78 is 27.8. The van der Waals surface area contributed by atoms with Crippen LogP contribution in [0.25, 0.3) is 0 Å². The summed E-state index contributed by atoms with van der Waals surface area (Å²) in [7, 11) is -3.91. The molecular formula is C23H25N3O3S. The van der Waals surface area contributed by atoms with Crippen LogP contribution in [0.1, 0.15) is 23.6 Å². The fraction of sp³-hybridized carbons (Fsp3) is 0.217. The number of carbonyl (C=O) groups is 1. The summed E-state index contributed by atoms with van der Waals surface area (Å²) in [5.41, 5.74) is 3.34. The maximum atomic E-state index is 13.3. The van der Waals surface area contributed by atoms with Gasteiger partial charge in [-0.25, -0.2) is 8.42 Å². The van der Waals surface area contributed by atoms with Crippen molar-refractivity contribution in [1.82, 2.24) is 10.3 Å². The fourth-order valence-corrected chi connectivity index (χ4v) is 4.36. The second kappa shape index (κ2) is 9.54. The molecule has 30 heavy (non-hydrogen) atoms. The molecule has 0 aliphatic heterocycles. The second-order valence-electron chi connectivity index (χ2n) is 6.98. The molecule has 0 radical (unpaired) electrons. The highest BCUT2D eigenvalue weighted by molar-refractivity contribution is 7.92. The molecule has 0 aliphatic carbocycles. The van der Waals surface area contributed by atoms with Crippen LogP contribution in [-0.2, 0) is 27.8 Å². The molecule has 0 saturated carbocycles. The van der Waals surface area contributed by atoms with Crippen molar-refractivity contribution in [2.75, 3.05) is 10.8 Å². The highest BCUT2D eigenvalue weighted by atomic mass is 32.2. The van der Waals surface area contributed by atoms with Crippen molar-refractivity contribution in [3.05, 3.63) is 89.7 Å². The summed E-state index contributed by atoms with van der Waals surface area (Å²) in [5.74, 6) is -0.394. The number of anilines is 1. The number of rotatable bonds is 8. The molecule has 3 rings (SSSR count). The molecular weight excluding hydrogens is 398 g/mol. The van der Waals surface area contributed by atoms with Crippen molar-refractivity contribution >= 4 is 21.6 Å². The first kappa shape index (κ1) is 21.5. The van der Waals surface area contributed by atoms with E-state index in [1.807, 2.05) is 32.0 Å². The molecule has 1 N–H and O–H groups in total. The van der Waals surface area contributed by atoms with Gasteiger partial charge in [0.25, 0.3) is 10.0 Å². The van der Waals surface area contributed by atoms with Crippen LogP contribution in [-0.4, -0.2) is 25.9 Å². The van der Waals surface area contributed by atoms with Gasteiger partial charge in [0.1, 0.15) is 6.54 Å². The number of nitrogens with zero attached hydrogens (tertiary/aromatic N) is 2. The quantitative estimate of drug-likeness (QED) is 0.602. The highest BCUT2D eigenvalue weighted by Gasteiger charge is 2.27. The van der Waals surface area contributed by atoms with Gasteiger partial charge in [-0.15, -0.1) is 0 Å². The van der Waals surface area contributed by atoms with Gasteiger partial charge in [0.05, 0.1) is 10.6 Å². The lowest BCUT2D eigenvalue weighted by molar-refractivity contribution is -0.119. The van der Waals surface area contributed by atoms with Crippen molar-refractivity contribution in [3.63, 3.8) is 0 Å². The SMILES string of the molecule is CCc1ccc(N(CC(=O)NCc2cccnc2)S(=O)(=O)c2ccc(C)cc2)cc1. The first-order valence-corrected chi connectivity index (χ1v) is 11.2. The topological polar surface area (TPSA) is 79.4 Å². The third kappa shape index (κ3) is 5.24. The van der Waals surface area contributed by atoms with Crippen molar-refractivity contribution in [2.45, 2.75) is 31.7 Å². The monoisotopic (exact) mass is 423 g/mol. The number of nitrogens with one attached hydrogen (secondary N) is 1. The zero-order chi connectivity index (χ0) is 21.6. The zero-order valence-electron chi connectivity index (χ0n) is 17.1. The fourth-order valence-electron chi connectivity index (χ4n) is 2.94. The molecule has 0 unspecified atom stereocenters. The number of pyridine rings is 1. The number of hydrogen-bond donors (Lipinski definition) is 1. The number of hydrogen-bond acceptors (Lipinski definition) is 4. The van der Waals surface area contributed by atoms with Crippen molar-refractivity contribution < 1.29 is 13.2 Å². The van der Waals surface area contributed by atoms with Crippen molar-refractivity contribution in [1.29, 1.82) is 0 Å². The summed E-state index contributed by atoms with van der Waals surface area (Å²) in [6.07, 6.45) is 4.16. The molecule has 1 aromatic heterocycles. The molecule has 2 aromatic carbocycles. The Morgan fingerprint density at radius 1 is 1.00 bits per heavy atom. The lowest BCUT2D eigenvalue weighted by Gasteiger charge is -2.24.